The van der Waals surface area contributed by atoms with Gasteiger partial charge in [0, 0.05) is 31.1 Å². The molecule has 0 spiro atoms. The fourth-order valence-electron chi connectivity index (χ4n) is 4.32. The van der Waals surface area contributed by atoms with Crippen molar-refractivity contribution in [2.75, 3.05) is 11.4 Å². The molecule has 1 aromatic heterocycles. The first kappa shape index (κ1) is 17.7. The number of nitrogens with zero attached hydrogens (tertiary/aromatic N) is 3. The van der Waals surface area contributed by atoms with E-state index < -0.39 is 0 Å². The number of carbonyl (C=O) groups excluding carboxylic acids is 1. The average molecular weight is 381 g/mol. The van der Waals surface area contributed by atoms with Gasteiger partial charge >= 0.3 is 0 Å². The van der Waals surface area contributed by atoms with E-state index in [4.69, 9.17) is 4.98 Å². The lowest BCUT2D eigenvalue weighted by Crippen LogP contribution is -2.25. The SMILES string of the molecule is Cc1ccccc1N1CC(c2nc3ccccc3n2Cc2ccccc2)CC1=O. The molecule has 1 fully saturated rings. The Morgan fingerprint density at radius 3 is 2.48 bits per heavy atom. The molecule has 3 aromatic carbocycles. The molecular weight excluding hydrogens is 358 g/mol. The monoisotopic (exact) mass is 381 g/mol. The molecule has 2 heterocycles. The normalized spacial score (nSPS) is 16.7. The minimum Gasteiger partial charge on any atom is -0.323 e. The van der Waals surface area contributed by atoms with Gasteiger partial charge < -0.3 is 9.47 Å². The van der Waals surface area contributed by atoms with Crippen molar-refractivity contribution < 1.29 is 4.79 Å². The number of carbonyl (C=O) groups is 1. The number of rotatable bonds is 4. The van der Waals surface area contributed by atoms with Crippen molar-refractivity contribution in [2.24, 2.45) is 0 Å². The third kappa shape index (κ3) is 3.21. The first-order valence-corrected chi connectivity index (χ1v) is 10.1. The van der Waals surface area contributed by atoms with Crippen LogP contribution in [0.5, 0.6) is 0 Å². The molecule has 4 nitrogen and oxygen atoms in total. The molecule has 0 saturated carbocycles. The number of fused-ring (bicyclic) bond motifs is 1. The first-order valence-electron chi connectivity index (χ1n) is 10.1. The first-order chi connectivity index (χ1) is 14.2. The number of hydrogen-bond donors (Lipinski definition) is 0. The molecule has 0 radical (unpaired) electrons. The van der Waals surface area contributed by atoms with Gasteiger partial charge in [-0.2, -0.15) is 0 Å². The van der Waals surface area contributed by atoms with E-state index in [0.717, 1.165) is 34.7 Å². The van der Waals surface area contributed by atoms with E-state index in [-0.39, 0.29) is 11.8 Å². The molecule has 29 heavy (non-hydrogen) atoms. The van der Waals surface area contributed by atoms with Crippen LogP contribution in [0.15, 0.2) is 78.9 Å². The molecule has 1 aliphatic rings. The molecule has 1 atom stereocenters. The van der Waals surface area contributed by atoms with Crippen LogP contribution in [0.25, 0.3) is 11.0 Å². The lowest BCUT2D eigenvalue weighted by atomic mass is 10.1. The Labute approximate surface area is 170 Å². The smallest absolute Gasteiger partial charge is 0.227 e. The summed E-state index contributed by atoms with van der Waals surface area (Å²) in [6.07, 6.45) is 0.493. The maximum Gasteiger partial charge on any atom is 0.227 e. The number of aryl methyl sites for hydroxylation is 1. The average Bonchev–Trinajstić information content (AvgIpc) is 3.30. The van der Waals surface area contributed by atoms with Crippen molar-refractivity contribution in [3.05, 3.63) is 95.8 Å². The van der Waals surface area contributed by atoms with Gasteiger partial charge in [-0.1, -0.05) is 60.7 Å². The molecule has 1 unspecified atom stereocenters. The summed E-state index contributed by atoms with van der Waals surface area (Å²) in [4.78, 5) is 19.8. The Morgan fingerprint density at radius 2 is 1.66 bits per heavy atom. The van der Waals surface area contributed by atoms with Crippen molar-refractivity contribution in [1.29, 1.82) is 0 Å². The second-order valence-corrected chi connectivity index (χ2v) is 7.72. The van der Waals surface area contributed by atoms with Crippen LogP contribution in [-0.4, -0.2) is 22.0 Å². The maximum atomic E-state index is 12.9. The molecule has 1 amide bonds. The number of amides is 1. The van der Waals surface area contributed by atoms with E-state index >= 15 is 0 Å². The highest BCUT2D eigenvalue weighted by molar-refractivity contribution is 5.97. The summed E-state index contributed by atoms with van der Waals surface area (Å²) in [7, 11) is 0. The minimum absolute atomic E-state index is 0.0817. The van der Waals surface area contributed by atoms with E-state index in [1.165, 1.54) is 5.56 Å². The highest BCUT2D eigenvalue weighted by atomic mass is 16.2. The van der Waals surface area contributed by atoms with Gasteiger partial charge in [-0.3, -0.25) is 4.79 Å². The Balaban J connectivity index is 1.54. The Hall–Kier alpha value is -3.40. The van der Waals surface area contributed by atoms with Crippen LogP contribution in [0.3, 0.4) is 0 Å². The molecule has 4 aromatic rings. The summed E-state index contributed by atoms with van der Waals surface area (Å²) in [5.41, 5.74) is 5.47. The van der Waals surface area contributed by atoms with Crippen LogP contribution in [0, 0.1) is 6.92 Å². The van der Waals surface area contributed by atoms with E-state index in [0.29, 0.717) is 13.0 Å². The summed E-state index contributed by atoms with van der Waals surface area (Å²) < 4.78 is 2.28. The summed E-state index contributed by atoms with van der Waals surface area (Å²) in [5, 5.41) is 0. The van der Waals surface area contributed by atoms with E-state index in [1.54, 1.807) is 0 Å². The quantitative estimate of drug-likeness (QED) is 0.504. The second-order valence-electron chi connectivity index (χ2n) is 7.72. The summed E-state index contributed by atoms with van der Waals surface area (Å²) in [6, 6.07) is 26.8. The van der Waals surface area contributed by atoms with E-state index in [1.807, 2.05) is 35.2 Å². The van der Waals surface area contributed by atoms with Crippen molar-refractivity contribution >= 4 is 22.6 Å². The predicted octanol–water partition coefficient (Wildman–Crippen LogP) is 4.91. The fourth-order valence-corrected chi connectivity index (χ4v) is 4.32. The van der Waals surface area contributed by atoms with Gasteiger partial charge in [0.1, 0.15) is 5.82 Å². The zero-order valence-corrected chi connectivity index (χ0v) is 16.5. The van der Waals surface area contributed by atoms with Crippen molar-refractivity contribution in [3.63, 3.8) is 0 Å². The zero-order valence-electron chi connectivity index (χ0n) is 16.5. The van der Waals surface area contributed by atoms with Gasteiger partial charge in [0.2, 0.25) is 5.91 Å². The van der Waals surface area contributed by atoms with Crippen molar-refractivity contribution in [1.82, 2.24) is 9.55 Å². The standard InChI is InChI=1S/C25H23N3O/c1-18-9-5-7-13-22(18)27-17-20(15-24(27)29)25-26-21-12-6-8-14-23(21)28(25)16-19-10-3-2-4-11-19/h2-14,20H,15-17H2,1H3. The maximum absolute atomic E-state index is 12.9. The topological polar surface area (TPSA) is 38.1 Å². The van der Waals surface area contributed by atoms with Crippen LogP contribution in [0.2, 0.25) is 0 Å². The van der Waals surface area contributed by atoms with E-state index in [9.17, 15) is 4.79 Å². The molecule has 4 heteroatoms. The number of anilines is 1. The van der Waals surface area contributed by atoms with Crippen LogP contribution in [0.4, 0.5) is 5.69 Å². The molecule has 0 bridgehead atoms. The predicted molar refractivity (Wildman–Crippen MR) is 116 cm³/mol. The van der Waals surface area contributed by atoms with Crippen LogP contribution < -0.4 is 4.90 Å². The zero-order chi connectivity index (χ0) is 19.8. The summed E-state index contributed by atoms with van der Waals surface area (Å²) in [5.74, 6) is 1.25. The highest BCUT2D eigenvalue weighted by Crippen LogP contribution is 2.34. The Kier molecular flexibility index (Phi) is 4.39. The van der Waals surface area contributed by atoms with Gasteiger partial charge in [-0.15, -0.1) is 0 Å². The van der Waals surface area contributed by atoms with Gasteiger partial charge in [-0.05, 0) is 36.2 Å². The number of imidazole rings is 1. The van der Waals surface area contributed by atoms with Crippen molar-refractivity contribution in [3.8, 4) is 0 Å². The van der Waals surface area contributed by atoms with Crippen LogP contribution in [-0.2, 0) is 11.3 Å². The Morgan fingerprint density at radius 1 is 0.931 bits per heavy atom. The molecule has 1 aliphatic heterocycles. The van der Waals surface area contributed by atoms with Crippen LogP contribution >= 0.6 is 0 Å². The molecule has 5 rings (SSSR count). The highest BCUT2D eigenvalue weighted by Gasteiger charge is 2.35. The third-order valence-corrected chi connectivity index (χ3v) is 5.76. The minimum atomic E-state index is 0.0817. The summed E-state index contributed by atoms with van der Waals surface area (Å²) in [6.45, 7) is 3.48. The third-order valence-electron chi connectivity index (χ3n) is 5.76. The fraction of sp³-hybridized carbons (Fsp3) is 0.200. The van der Waals surface area contributed by atoms with Gasteiger partial charge in [0.05, 0.1) is 11.0 Å². The van der Waals surface area contributed by atoms with E-state index in [2.05, 4.69) is 60.0 Å². The molecule has 144 valence electrons. The largest absolute Gasteiger partial charge is 0.323 e. The molecule has 1 saturated heterocycles. The lowest BCUT2D eigenvalue weighted by Gasteiger charge is -2.19. The second kappa shape index (κ2) is 7.21. The van der Waals surface area contributed by atoms with Gasteiger partial charge in [-0.25, -0.2) is 4.98 Å². The van der Waals surface area contributed by atoms with Crippen molar-refractivity contribution in [2.45, 2.75) is 25.8 Å². The van der Waals surface area contributed by atoms with Gasteiger partial charge in [0.25, 0.3) is 0 Å². The molecule has 0 aliphatic carbocycles. The number of benzene rings is 3. The molecular formula is C25H23N3O. The number of para-hydroxylation sites is 3. The number of aromatic nitrogens is 2. The Bertz CT molecular complexity index is 1180. The van der Waals surface area contributed by atoms with Crippen LogP contribution in [0.1, 0.15) is 29.3 Å². The molecule has 0 N–H and O–H groups in total. The lowest BCUT2D eigenvalue weighted by molar-refractivity contribution is -0.117. The van der Waals surface area contributed by atoms with Gasteiger partial charge in [0.15, 0.2) is 0 Å². The summed E-state index contributed by atoms with van der Waals surface area (Å²) >= 11 is 0. The number of hydrogen-bond acceptors (Lipinski definition) is 2.